The molecule has 0 aromatic carbocycles. The molecule has 1 fully saturated rings. The van der Waals surface area contributed by atoms with Crippen molar-refractivity contribution in [3.8, 4) is 0 Å². The van der Waals surface area contributed by atoms with Crippen molar-refractivity contribution in [1.29, 1.82) is 0 Å². The normalized spacial score (nSPS) is 18.1. The Balaban J connectivity index is 2.56. The molecule has 0 radical (unpaired) electrons. The Kier molecular flexibility index (Phi) is 3.58. The van der Waals surface area contributed by atoms with E-state index in [-0.39, 0.29) is 37.7 Å². The van der Waals surface area contributed by atoms with Crippen LogP contribution in [0.15, 0.2) is 0 Å². The molecule has 0 unspecified atom stereocenters. The minimum atomic E-state index is -1.01. The molecule has 1 aliphatic rings. The van der Waals surface area contributed by atoms with Gasteiger partial charge in [-0.3, -0.25) is 19.3 Å². The van der Waals surface area contributed by atoms with Crippen LogP contribution in [-0.2, 0) is 14.4 Å². The highest BCUT2D eigenvalue weighted by Crippen LogP contribution is 2.00. The zero-order chi connectivity index (χ0) is 10.6. The van der Waals surface area contributed by atoms with Crippen molar-refractivity contribution in [3.63, 3.8) is 0 Å². The van der Waals surface area contributed by atoms with Crippen LogP contribution in [0, 0.1) is 0 Å². The zero-order valence-corrected chi connectivity index (χ0v) is 7.65. The quantitative estimate of drug-likeness (QED) is 0.559. The first-order chi connectivity index (χ1) is 6.61. The lowest BCUT2D eigenvalue weighted by Crippen LogP contribution is -2.39. The minimum Gasteiger partial charge on any atom is -0.481 e. The number of carbonyl (C=O) groups is 3. The predicted molar refractivity (Wildman–Crippen MR) is 46.5 cm³/mol. The molecule has 0 saturated carbocycles. The SMILES string of the molecule is O=C(O)CCN1C(=O)CCNCC1=O. The standard InChI is InChI=1S/C8H12N2O4/c11-6-1-3-9-5-7(12)10(6)4-2-8(13)14/h9H,1-5H2,(H,13,14). The third kappa shape index (κ3) is 2.81. The molecule has 6 heteroatoms. The molecule has 0 aromatic heterocycles. The van der Waals surface area contributed by atoms with Crippen LogP contribution in [0.25, 0.3) is 0 Å². The Morgan fingerprint density at radius 2 is 2.14 bits per heavy atom. The maximum atomic E-state index is 11.3. The lowest BCUT2D eigenvalue weighted by molar-refractivity contribution is -0.144. The Morgan fingerprint density at radius 3 is 2.79 bits per heavy atom. The Labute approximate surface area is 80.9 Å². The number of rotatable bonds is 3. The second-order valence-corrected chi connectivity index (χ2v) is 3.01. The van der Waals surface area contributed by atoms with E-state index in [1.165, 1.54) is 0 Å². The molecule has 0 spiro atoms. The van der Waals surface area contributed by atoms with E-state index in [2.05, 4.69) is 5.32 Å². The van der Waals surface area contributed by atoms with E-state index >= 15 is 0 Å². The molecule has 1 heterocycles. The summed E-state index contributed by atoms with van der Waals surface area (Å²) in [5, 5.41) is 11.2. The van der Waals surface area contributed by atoms with Crippen LogP contribution in [0.1, 0.15) is 12.8 Å². The summed E-state index contributed by atoms with van der Waals surface area (Å²) in [4.78, 5) is 33.9. The van der Waals surface area contributed by atoms with Gasteiger partial charge in [0.25, 0.3) is 0 Å². The van der Waals surface area contributed by atoms with Crippen molar-refractivity contribution < 1.29 is 19.5 Å². The van der Waals surface area contributed by atoms with Crippen LogP contribution in [0.4, 0.5) is 0 Å². The number of hydrogen-bond acceptors (Lipinski definition) is 4. The number of carbonyl (C=O) groups excluding carboxylic acids is 2. The summed E-state index contributed by atoms with van der Waals surface area (Å²) < 4.78 is 0. The highest BCUT2D eigenvalue weighted by molar-refractivity contribution is 5.97. The van der Waals surface area contributed by atoms with Gasteiger partial charge < -0.3 is 10.4 Å². The zero-order valence-electron chi connectivity index (χ0n) is 7.65. The van der Waals surface area contributed by atoms with Crippen LogP contribution < -0.4 is 5.32 Å². The van der Waals surface area contributed by atoms with Gasteiger partial charge in [-0.1, -0.05) is 0 Å². The molecular formula is C8H12N2O4. The number of imide groups is 1. The average molecular weight is 200 g/mol. The van der Waals surface area contributed by atoms with E-state index in [1.807, 2.05) is 0 Å². The molecule has 14 heavy (non-hydrogen) atoms. The van der Waals surface area contributed by atoms with Gasteiger partial charge in [-0.05, 0) is 0 Å². The second kappa shape index (κ2) is 4.71. The van der Waals surface area contributed by atoms with Crippen LogP contribution >= 0.6 is 0 Å². The number of nitrogens with zero attached hydrogens (tertiary/aromatic N) is 1. The number of hydrogen-bond donors (Lipinski definition) is 2. The van der Waals surface area contributed by atoms with Crippen molar-refractivity contribution >= 4 is 17.8 Å². The lowest BCUT2D eigenvalue weighted by Gasteiger charge is -2.16. The molecule has 2 N–H and O–H groups in total. The molecular weight excluding hydrogens is 188 g/mol. The van der Waals surface area contributed by atoms with Crippen LogP contribution in [-0.4, -0.2) is 47.4 Å². The molecule has 0 aliphatic carbocycles. The topological polar surface area (TPSA) is 86.7 Å². The fourth-order valence-electron chi connectivity index (χ4n) is 1.22. The van der Waals surface area contributed by atoms with E-state index in [1.54, 1.807) is 0 Å². The van der Waals surface area contributed by atoms with Gasteiger partial charge in [0.05, 0.1) is 13.0 Å². The van der Waals surface area contributed by atoms with Crippen LogP contribution in [0.2, 0.25) is 0 Å². The molecule has 1 rings (SSSR count). The van der Waals surface area contributed by atoms with Crippen LogP contribution in [0.5, 0.6) is 0 Å². The first kappa shape index (κ1) is 10.6. The molecule has 2 amide bonds. The number of aliphatic carboxylic acids is 1. The Bertz CT molecular complexity index is 246. The van der Waals surface area contributed by atoms with Gasteiger partial charge in [0.1, 0.15) is 0 Å². The fourth-order valence-corrected chi connectivity index (χ4v) is 1.22. The molecule has 0 atom stereocenters. The first-order valence-corrected chi connectivity index (χ1v) is 4.37. The summed E-state index contributed by atoms with van der Waals surface area (Å²) in [5.41, 5.74) is 0. The molecule has 0 aromatic rings. The molecule has 78 valence electrons. The van der Waals surface area contributed by atoms with Gasteiger partial charge in [0.15, 0.2) is 0 Å². The van der Waals surface area contributed by atoms with Gasteiger partial charge in [-0.2, -0.15) is 0 Å². The fraction of sp³-hybridized carbons (Fsp3) is 0.625. The summed E-state index contributed by atoms with van der Waals surface area (Å²) in [6.07, 6.45) is 0.0445. The molecule has 6 nitrogen and oxygen atoms in total. The predicted octanol–water partition coefficient (Wildman–Crippen LogP) is -1.19. The number of amides is 2. The Hall–Kier alpha value is -1.43. The third-order valence-electron chi connectivity index (χ3n) is 1.94. The smallest absolute Gasteiger partial charge is 0.305 e. The molecule has 1 saturated heterocycles. The lowest BCUT2D eigenvalue weighted by atomic mass is 10.3. The third-order valence-corrected chi connectivity index (χ3v) is 1.94. The monoisotopic (exact) mass is 200 g/mol. The van der Waals surface area contributed by atoms with E-state index in [0.717, 1.165) is 4.90 Å². The van der Waals surface area contributed by atoms with E-state index in [0.29, 0.717) is 6.54 Å². The number of nitrogens with one attached hydrogen (secondary N) is 1. The van der Waals surface area contributed by atoms with Gasteiger partial charge >= 0.3 is 5.97 Å². The van der Waals surface area contributed by atoms with Crippen molar-refractivity contribution in [2.75, 3.05) is 19.6 Å². The number of carboxylic acids is 1. The highest BCUT2D eigenvalue weighted by Gasteiger charge is 2.23. The average Bonchev–Trinajstić information content (AvgIpc) is 2.25. The maximum absolute atomic E-state index is 11.3. The molecule has 0 bridgehead atoms. The van der Waals surface area contributed by atoms with Gasteiger partial charge in [-0.15, -0.1) is 0 Å². The largest absolute Gasteiger partial charge is 0.481 e. The van der Waals surface area contributed by atoms with Crippen LogP contribution in [0.3, 0.4) is 0 Å². The summed E-state index contributed by atoms with van der Waals surface area (Å²) in [5.74, 6) is -1.67. The summed E-state index contributed by atoms with van der Waals surface area (Å²) in [6.45, 7) is 0.536. The highest BCUT2D eigenvalue weighted by atomic mass is 16.4. The summed E-state index contributed by atoms with van der Waals surface area (Å²) in [6, 6.07) is 0. The maximum Gasteiger partial charge on any atom is 0.305 e. The number of carboxylic acid groups (broad SMARTS) is 1. The van der Waals surface area contributed by atoms with Crippen molar-refractivity contribution in [3.05, 3.63) is 0 Å². The Morgan fingerprint density at radius 1 is 1.43 bits per heavy atom. The summed E-state index contributed by atoms with van der Waals surface area (Å²) in [7, 11) is 0. The first-order valence-electron chi connectivity index (χ1n) is 4.37. The van der Waals surface area contributed by atoms with Crippen molar-refractivity contribution in [1.82, 2.24) is 10.2 Å². The van der Waals surface area contributed by atoms with E-state index < -0.39 is 5.97 Å². The van der Waals surface area contributed by atoms with Crippen molar-refractivity contribution in [2.45, 2.75) is 12.8 Å². The van der Waals surface area contributed by atoms with E-state index in [9.17, 15) is 14.4 Å². The summed E-state index contributed by atoms with van der Waals surface area (Å²) >= 11 is 0. The minimum absolute atomic E-state index is 0.0331. The second-order valence-electron chi connectivity index (χ2n) is 3.01. The van der Waals surface area contributed by atoms with Gasteiger partial charge in [0, 0.05) is 19.5 Å². The molecule has 1 aliphatic heterocycles. The van der Waals surface area contributed by atoms with E-state index in [4.69, 9.17) is 5.11 Å². The van der Waals surface area contributed by atoms with Gasteiger partial charge in [0.2, 0.25) is 11.8 Å². The van der Waals surface area contributed by atoms with Gasteiger partial charge in [-0.25, -0.2) is 0 Å². The van der Waals surface area contributed by atoms with Crippen molar-refractivity contribution in [2.24, 2.45) is 0 Å².